The molecule has 258 valence electrons. The molecule has 1 saturated carbocycles. The number of aromatic nitrogens is 3. The highest BCUT2D eigenvalue weighted by atomic mass is 15.0. The molecule has 8 aromatic rings. The first-order chi connectivity index (χ1) is 26.7. The van der Waals surface area contributed by atoms with Crippen molar-refractivity contribution in [2.24, 2.45) is 0 Å². The first kappa shape index (κ1) is 32.2. The van der Waals surface area contributed by atoms with E-state index in [0.29, 0.717) is 17.5 Å². The average Bonchev–Trinajstić information content (AvgIpc) is 3.52. The minimum atomic E-state index is 0.152. The fraction of sp³-hybridized carbons (Fsp3) is 0.118. The Hall–Kier alpha value is -6.45. The second-order valence-electron chi connectivity index (χ2n) is 14.7. The first-order valence-electron chi connectivity index (χ1n) is 19.1. The van der Waals surface area contributed by atoms with Crippen LogP contribution in [0, 0.1) is 0 Å². The van der Waals surface area contributed by atoms with Crippen LogP contribution in [-0.2, 0) is 5.41 Å². The van der Waals surface area contributed by atoms with Crippen LogP contribution in [0.25, 0.3) is 78.7 Å². The number of benzene rings is 7. The van der Waals surface area contributed by atoms with E-state index in [2.05, 4.69) is 115 Å². The lowest BCUT2D eigenvalue weighted by molar-refractivity contribution is 0.353. The molecule has 0 N–H and O–H groups in total. The van der Waals surface area contributed by atoms with Gasteiger partial charge >= 0.3 is 0 Å². The highest BCUT2D eigenvalue weighted by Crippen LogP contribution is 2.56. The van der Waals surface area contributed by atoms with Crippen LogP contribution in [0.1, 0.15) is 43.2 Å². The smallest absolute Gasteiger partial charge is 0.164 e. The van der Waals surface area contributed by atoms with E-state index in [4.69, 9.17) is 15.0 Å². The summed E-state index contributed by atoms with van der Waals surface area (Å²) in [7, 11) is 0. The van der Waals surface area contributed by atoms with Crippen molar-refractivity contribution in [1.82, 2.24) is 15.0 Å². The van der Waals surface area contributed by atoms with Crippen molar-refractivity contribution in [3.8, 4) is 78.7 Å². The number of nitrogens with zero attached hydrogens (tertiary/aromatic N) is 3. The molecule has 0 bridgehead atoms. The summed E-state index contributed by atoms with van der Waals surface area (Å²) in [6.45, 7) is 0. The molecule has 1 aromatic heterocycles. The van der Waals surface area contributed by atoms with Gasteiger partial charge in [0.15, 0.2) is 17.5 Å². The van der Waals surface area contributed by atoms with Crippen molar-refractivity contribution in [3.05, 3.63) is 187 Å². The van der Waals surface area contributed by atoms with E-state index in [9.17, 15) is 0 Å². The molecule has 0 atom stereocenters. The maximum absolute atomic E-state index is 4.92. The molecule has 1 fully saturated rings. The molecular formula is C51H39N3. The lowest BCUT2D eigenvalue weighted by Gasteiger charge is -2.36. The van der Waals surface area contributed by atoms with Crippen LogP contribution in [0.3, 0.4) is 0 Å². The fourth-order valence-corrected chi connectivity index (χ4v) is 8.84. The fourth-order valence-electron chi connectivity index (χ4n) is 8.84. The Balaban J connectivity index is 0.958. The molecular weight excluding hydrogens is 655 g/mol. The minimum Gasteiger partial charge on any atom is -0.208 e. The van der Waals surface area contributed by atoms with Crippen molar-refractivity contribution < 1.29 is 0 Å². The Labute approximate surface area is 317 Å². The van der Waals surface area contributed by atoms with Crippen molar-refractivity contribution in [2.75, 3.05) is 0 Å². The normalized spacial score (nSPS) is 14.1. The zero-order valence-electron chi connectivity index (χ0n) is 30.1. The van der Waals surface area contributed by atoms with Crippen LogP contribution in [0.5, 0.6) is 0 Å². The molecule has 0 amide bonds. The average molecular weight is 694 g/mol. The van der Waals surface area contributed by atoms with E-state index in [1.54, 1.807) is 0 Å². The topological polar surface area (TPSA) is 38.7 Å². The van der Waals surface area contributed by atoms with Gasteiger partial charge in [-0.1, -0.05) is 177 Å². The van der Waals surface area contributed by atoms with Crippen molar-refractivity contribution in [2.45, 2.75) is 37.5 Å². The van der Waals surface area contributed by atoms with Crippen molar-refractivity contribution in [1.29, 1.82) is 0 Å². The number of hydrogen-bond donors (Lipinski definition) is 0. The van der Waals surface area contributed by atoms with Gasteiger partial charge in [0.25, 0.3) is 0 Å². The third kappa shape index (κ3) is 5.74. The second-order valence-corrected chi connectivity index (χ2v) is 14.7. The lowest BCUT2D eigenvalue weighted by Crippen LogP contribution is -2.28. The second kappa shape index (κ2) is 13.5. The Morgan fingerprint density at radius 2 is 0.704 bits per heavy atom. The van der Waals surface area contributed by atoms with Gasteiger partial charge < -0.3 is 0 Å². The first-order valence-corrected chi connectivity index (χ1v) is 19.1. The zero-order valence-corrected chi connectivity index (χ0v) is 30.1. The van der Waals surface area contributed by atoms with Gasteiger partial charge in [-0.25, -0.2) is 15.0 Å². The highest BCUT2D eigenvalue weighted by molar-refractivity contribution is 5.85. The quantitative estimate of drug-likeness (QED) is 0.174. The van der Waals surface area contributed by atoms with Crippen LogP contribution in [-0.4, -0.2) is 15.0 Å². The van der Waals surface area contributed by atoms with E-state index >= 15 is 0 Å². The minimum absolute atomic E-state index is 0.152. The molecule has 1 heterocycles. The number of hydrogen-bond acceptors (Lipinski definition) is 3. The predicted molar refractivity (Wildman–Crippen MR) is 222 cm³/mol. The Morgan fingerprint density at radius 3 is 1.28 bits per heavy atom. The molecule has 3 heteroatoms. The van der Waals surface area contributed by atoms with Gasteiger partial charge in [-0.3, -0.25) is 0 Å². The molecule has 7 aromatic carbocycles. The van der Waals surface area contributed by atoms with Crippen LogP contribution in [0.15, 0.2) is 176 Å². The zero-order chi connectivity index (χ0) is 35.9. The van der Waals surface area contributed by atoms with Crippen LogP contribution < -0.4 is 0 Å². The summed E-state index contributed by atoms with van der Waals surface area (Å²) in [5.41, 5.74) is 16.2. The van der Waals surface area contributed by atoms with E-state index in [1.807, 2.05) is 60.7 Å². The van der Waals surface area contributed by atoms with Crippen LogP contribution in [0.4, 0.5) is 0 Å². The molecule has 0 saturated heterocycles. The third-order valence-electron chi connectivity index (χ3n) is 11.5. The molecule has 10 rings (SSSR count). The largest absolute Gasteiger partial charge is 0.208 e. The molecule has 0 unspecified atom stereocenters. The molecule has 0 radical (unpaired) electrons. The standard InChI is InChI=1S/C51H39N3/c1-4-14-36(15-5-1)48-52-49(37-16-6-2-7-17-37)54-50(53-48)38-26-24-35(25-27-38)39-18-12-19-40(32-39)41-20-13-21-42(33-41)43-28-29-45-44-22-8-9-23-46(44)51(47(45)34-43)30-10-3-11-31-51/h1-2,4-9,12-29,32-34H,3,10-11,30-31H2. The van der Waals surface area contributed by atoms with Crippen molar-refractivity contribution >= 4 is 0 Å². The molecule has 2 aliphatic carbocycles. The van der Waals surface area contributed by atoms with Gasteiger partial charge in [0.05, 0.1) is 0 Å². The summed E-state index contributed by atoms with van der Waals surface area (Å²) < 4.78 is 0. The SMILES string of the molecule is c1ccc(-c2nc(-c3ccccc3)nc(-c3ccc(-c4cccc(-c5cccc(-c6ccc7c(c6)C6(CCCCC6)c6ccccc6-7)c5)c4)cc3)n2)cc1. The Kier molecular flexibility index (Phi) is 8.06. The number of fused-ring (bicyclic) bond motifs is 5. The van der Waals surface area contributed by atoms with Crippen molar-refractivity contribution in [3.63, 3.8) is 0 Å². The maximum atomic E-state index is 4.92. The van der Waals surface area contributed by atoms with E-state index in [1.165, 1.54) is 82.2 Å². The van der Waals surface area contributed by atoms with E-state index in [-0.39, 0.29) is 5.41 Å². The molecule has 3 nitrogen and oxygen atoms in total. The van der Waals surface area contributed by atoms with Gasteiger partial charge in [0, 0.05) is 22.1 Å². The summed E-state index contributed by atoms with van der Waals surface area (Å²) in [5.74, 6) is 1.98. The van der Waals surface area contributed by atoms with E-state index < -0.39 is 0 Å². The Morgan fingerprint density at radius 1 is 0.296 bits per heavy atom. The lowest BCUT2D eigenvalue weighted by atomic mass is 9.67. The van der Waals surface area contributed by atoms with Crippen LogP contribution in [0.2, 0.25) is 0 Å². The Bertz CT molecular complexity index is 2560. The summed E-state index contributed by atoms with van der Waals surface area (Å²) in [5, 5.41) is 0. The summed E-state index contributed by atoms with van der Waals surface area (Å²) in [4.78, 5) is 14.7. The van der Waals surface area contributed by atoms with Gasteiger partial charge in [-0.2, -0.15) is 0 Å². The summed E-state index contributed by atoms with van der Waals surface area (Å²) in [6.07, 6.45) is 6.43. The number of rotatable bonds is 6. The highest BCUT2D eigenvalue weighted by Gasteiger charge is 2.43. The maximum Gasteiger partial charge on any atom is 0.164 e. The predicted octanol–water partition coefficient (Wildman–Crippen LogP) is 13.1. The van der Waals surface area contributed by atoms with Gasteiger partial charge in [-0.15, -0.1) is 0 Å². The van der Waals surface area contributed by atoms with Gasteiger partial charge in [0.2, 0.25) is 0 Å². The van der Waals surface area contributed by atoms with Gasteiger partial charge in [0.1, 0.15) is 0 Å². The monoisotopic (exact) mass is 693 g/mol. The van der Waals surface area contributed by atoms with Crippen LogP contribution >= 0.6 is 0 Å². The van der Waals surface area contributed by atoms with E-state index in [0.717, 1.165) is 22.3 Å². The molecule has 2 aliphatic rings. The molecule has 1 spiro atoms. The summed E-state index contributed by atoms with van der Waals surface area (Å²) in [6, 6.07) is 63.1. The molecule has 0 aliphatic heterocycles. The summed E-state index contributed by atoms with van der Waals surface area (Å²) >= 11 is 0. The third-order valence-corrected chi connectivity index (χ3v) is 11.5. The molecule has 54 heavy (non-hydrogen) atoms. The van der Waals surface area contributed by atoms with Gasteiger partial charge in [-0.05, 0) is 86.7 Å².